The predicted molar refractivity (Wildman–Crippen MR) is 86.9 cm³/mol. The lowest BCUT2D eigenvalue weighted by Crippen LogP contribution is -2.33. The van der Waals surface area contributed by atoms with Gasteiger partial charge in [-0.2, -0.15) is 0 Å². The maximum atomic E-state index is 6.47. The molecular weight excluding hydrogens is 244 g/mol. The van der Waals surface area contributed by atoms with Gasteiger partial charge < -0.3 is 10.6 Å². The normalized spacial score (nSPS) is 20.2. The van der Waals surface area contributed by atoms with Crippen LogP contribution in [0.2, 0.25) is 0 Å². The monoisotopic (exact) mass is 274 g/mol. The summed E-state index contributed by atoms with van der Waals surface area (Å²) in [6, 6.07) is 6.75. The molecule has 20 heavy (non-hydrogen) atoms. The molecule has 0 radical (unpaired) electrons. The summed E-state index contributed by atoms with van der Waals surface area (Å²) in [4.78, 5) is 2.57. The fraction of sp³-hybridized carbons (Fsp3) is 0.667. The molecule has 1 atom stereocenters. The number of aryl methyl sites for hydroxylation is 2. The van der Waals surface area contributed by atoms with Crippen LogP contribution in [-0.4, -0.2) is 24.5 Å². The molecule has 1 fully saturated rings. The van der Waals surface area contributed by atoms with Crippen molar-refractivity contribution in [2.45, 2.75) is 53.0 Å². The molecule has 0 aromatic heterocycles. The van der Waals surface area contributed by atoms with Gasteiger partial charge in [0.25, 0.3) is 0 Å². The molecule has 2 heteroatoms. The van der Waals surface area contributed by atoms with Crippen molar-refractivity contribution in [1.29, 1.82) is 0 Å². The molecule has 2 rings (SSSR count). The summed E-state index contributed by atoms with van der Waals surface area (Å²) in [5, 5.41) is 0. The van der Waals surface area contributed by atoms with Gasteiger partial charge in [0, 0.05) is 19.1 Å². The molecule has 1 aliphatic heterocycles. The third-order valence-corrected chi connectivity index (χ3v) is 5.31. The second-order valence-electron chi connectivity index (χ2n) is 6.66. The fourth-order valence-corrected chi connectivity index (χ4v) is 3.55. The largest absolute Gasteiger partial charge is 0.323 e. The first-order valence-corrected chi connectivity index (χ1v) is 8.05. The lowest BCUT2D eigenvalue weighted by atomic mass is 9.82. The van der Waals surface area contributed by atoms with Crippen molar-refractivity contribution < 1.29 is 0 Å². The standard InChI is InChI=1S/C18H30N2/c1-5-18(6-2)9-10-20(13-18)12-17(19)16-11-14(3)7-8-15(16)4/h7-8,11,17H,5-6,9-10,12-13,19H2,1-4H3. The van der Waals surface area contributed by atoms with Crippen LogP contribution in [0.15, 0.2) is 18.2 Å². The number of benzene rings is 1. The lowest BCUT2D eigenvalue weighted by Gasteiger charge is -2.28. The maximum absolute atomic E-state index is 6.47. The highest BCUT2D eigenvalue weighted by molar-refractivity contribution is 5.33. The number of hydrogen-bond acceptors (Lipinski definition) is 2. The van der Waals surface area contributed by atoms with Crippen LogP contribution in [0.3, 0.4) is 0 Å². The first-order valence-electron chi connectivity index (χ1n) is 8.05. The Morgan fingerprint density at radius 3 is 2.55 bits per heavy atom. The molecule has 1 aliphatic rings. The third-order valence-electron chi connectivity index (χ3n) is 5.31. The van der Waals surface area contributed by atoms with Crippen molar-refractivity contribution in [3.05, 3.63) is 34.9 Å². The number of nitrogens with two attached hydrogens (primary N) is 1. The average Bonchev–Trinajstić information content (AvgIpc) is 2.85. The van der Waals surface area contributed by atoms with Gasteiger partial charge in [0.15, 0.2) is 0 Å². The Hall–Kier alpha value is -0.860. The Labute approximate surface area is 124 Å². The van der Waals surface area contributed by atoms with Gasteiger partial charge in [0.2, 0.25) is 0 Å². The predicted octanol–water partition coefficient (Wildman–Crippen LogP) is 3.82. The average molecular weight is 274 g/mol. The second-order valence-corrected chi connectivity index (χ2v) is 6.66. The van der Waals surface area contributed by atoms with Crippen LogP contribution in [0.25, 0.3) is 0 Å². The highest BCUT2D eigenvalue weighted by atomic mass is 15.2. The molecule has 2 N–H and O–H groups in total. The second kappa shape index (κ2) is 6.28. The SMILES string of the molecule is CCC1(CC)CCN(CC(N)c2cc(C)ccc2C)C1. The molecule has 1 aromatic rings. The summed E-state index contributed by atoms with van der Waals surface area (Å²) in [6.07, 6.45) is 3.91. The van der Waals surface area contributed by atoms with Crippen molar-refractivity contribution in [1.82, 2.24) is 4.90 Å². The van der Waals surface area contributed by atoms with Crippen LogP contribution in [0.4, 0.5) is 0 Å². The van der Waals surface area contributed by atoms with Gasteiger partial charge in [-0.25, -0.2) is 0 Å². The van der Waals surface area contributed by atoms with Crippen LogP contribution in [0.1, 0.15) is 55.8 Å². The third kappa shape index (κ3) is 3.24. The van der Waals surface area contributed by atoms with E-state index in [0.29, 0.717) is 5.41 Å². The molecule has 112 valence electrons. The smallest absolute Gasteiger partial charge is 0.0427 e. The maximum Gasteiger partial charge on any atom is 0.0427 e. The van der Waals surface area contributed by atoms with Gasteiger partial charge in [0.05, 0.1) is 0 Å². The summed E-state index contributed by atoms with van der Waals surface area (Å²) in [5.41, 5.74) is 11.0. The van der Waals surface area contributed by atoms with E-state index in [1.165, 1.54) is 49.0 Å². The van der Waals surface area contributed by atoms with Gasteiger partial charge >= 0.3 is 0 Å². The lowest BCUT2D eigenvalue weighted by molar-refractivity contribution is 0.233. The minimum Gasteiger partial charge on any atom is -0.323 e. The van der Waals surface area contributed by atoms with Crippen LogP contribution >= 0.6 is 0 Å². The summed E-state index contributed by atoms with van der Waals surface area (Å²) in [6.45, 7) is 12.4. The molecule has 1 heterocycles. The molecule has 1 saturated heterocycles. The number of likely N-dealkylation sites (tertiary alicyclic amines) is 1. The highest BCUT2D eigenvalue weighted by Gasteiger charge is 2.35. The van der Waals surface area contributed by atoms with E-state index in [0.717, 1.165) is 6.54 Å². The zero-order valence-corrected chi connectivity index (χ0v) is 13.6. The Morgan fingerprint density at radius 2 is 1.95 bits per heavy atom. The zero-order valence-electron chi connectivity index (χ0n) is 13.6. The van der Waals surface area contributed by atoms with Gasteiger partial charge in [-0.3, -0.25) is 0 Å². The van der Waals surface area contributed by atoms with Crippen LogP contribution in [-0.2, 0) is 0 Å². The van der Waals surface area contributed by atoms with E-state index in [9.17, 15) is 0 Å². The van der Waals surface area contributed by atoms with E-state index in [2.05, 4.69) is 50.8 Å². The summed E-state index contributed by atoms with van der Waals surface area (Å²) in [5.74, 6) is 0. The quantitative estimate of drug-likeness (QED) is 0.884. The molecule has 0 amide bonds. The van der Waals surface area contributed by atoms with E-state index in [-0.39, 0.29) is 6.04 Å². The molecule has 0 saturated carbocycles. The van der Waals surface area contributed by atoms with Crippen LogP contribution < -0.4 is 5.73 Å². The van der Waals surface area contributed by atoms with Gasteiger partial charge in [0.1, 0.15) is 0 Å². The van der Waals surface area contributed by atoms with Crippen LogP contribution in [0, 0.1) is 19.3 Å². The van der Waals surface area contributed by atoms with Crippen molar-refractivity contribution >= 4 is 0 Å². The summed E-state index contributed by atoms with van der Waals surface area (Å²) >= 11 is 0. The van der Waals surface area contributed by atoms with Crippen molar-refractivity contribution in [2.24, 2.45) is 11.1 Å². The fourth-order valence-electron chi connectivity index (χ4n) is 3.55. The van der Waals surface area contributed by atoms with Crippen LogP contribution in [0.5, 0.6) is 0 Å². The van der Waals surface area contributed by atoms with E-state index in [1.807, 2.05) is 0 Å². The number of nitrogens with zero attached hydrogens (tertiary/aromatic N) is 1. The van der Waals surface area contributed by atoms with Gasteiger partial charge in [-0.05, 0) is 56.2 Å². The first-order chi connectivity index (χ1) is 9.49. The van der Waals surface area contributed by atoms with Gasteiger partial charge in [-0.15, -0.1) is 0 Å². The molecule has 1 aromatic carbocycles. The Morgan fingerprint density at radius 1 is 1.25 bits per heavy atom. The number of hydrogen-bond donors (Lipinski definition) is 1. The number of rotatable bonds is 5. The zero-order chi connectivity index (χ0) is 14.8. The summed E-state index contributed by atoms with van der Waals surface area (Å²) in [7, 11) is 0. The van der Waals surface area contributed by atoms with E-state index < -0.39 is 0 Å². The highest BCUT2D eigenvalue weighted by Crippen LogP contribution is 2.37. The van der Waals surface area contributed by atoms with Gasteiger partial charge in [-0.1, -0.05) is 37.6 Å². The molecule has 0 bridgehead atoms. The minimum atomic E-state index is 0.138. The molecule has 1 unspecified atom stereocenters. The van der Waals surface area contributed by atoms with E-state index in [4.69, 9.17) is 5.73 Å². The summed E-state index contributed by atoms with van der Waals surface area (Å²) < 4.78 is 0. The van der Waals surface area contributed by atoms with E-state index in [1.54, 1.807) is 0 Å². The Bertz CT molecular complexity index is 449. The Kier molecular flexibility index (Phi) is 4.87. The topological polar surface area (TPSA) is 29.3 Å². The van der Waals surface area contributed by atoms with Crippen molar-refractivity contribution in [3.8, 4) is 0 Å². The van der Waals surface area contributed by atoms with Crippen molar-refractivity contribution in [2.75, 3.05) is 19.6 Å². The molecule has 0 aliphatic carbocycles. The molecule has 0 spiro atoms. The Balaban J connectivity index is 2.02. The van der Waals surface area contributed by atoms with E-state index >= 15 is 0 Å². The molecular formula is C18H30N2. The minimum absolute atomic E-state index is 0.138. The molecule has 2 nitrogen and oxygen atoms in total. The first kappa shape index (κ1) is 15.5. The van der Waals surface area contributed by atoms with Crippen molar-refractivity contribution in [3.63, 3.8) is 0 Å².